The van der Waals surface area contributed by atoms with E-state index in [1.54, 1.807) is 20.3 Å². The summed E-state index contributed by atoms with van der Waals surface area (Å²) < 4.78 is 23.8. The lowest BCUT2D eigenvalue weighted by atomic mass is 10.1. The van der Waals surface area contributed by atoms with Crippen LogP contribution in [0.3, 0.4) is 0 Å². The second kappa shape index (κ2) is 10.4. The highest BCUT2D eigenvalue weighted by atomic mass is 19.1. The first-order valence-corrected chi connectivity index (χ1v) is 9.05. The molecular weight excluding hydrogens is 345 g/mol. The predicted molar refractivity (Wildman–Crippen MR) is 107 cm³/mol. The SMILES string of the molecule is CCNC(=NCc1ccc(OC)c(OC)c1)NCCc1ccc(F)cc1C. The first-order chi connectivity index (χ1) is 13.1. The maximum absolute atomic E-state index is 13.2. The van der Waals surface area contributed by atoms with Crippen molar-refractivity contribution in [3.63, 3.8) is 0 Å². The number of nitrogens with zero attached hydrogens (tertiary/aromatic N) is 1. The van der Waals surface area contributed by atoms with Gasteiger partial charge in [-0.25, -0.2) is 9.38 Å². The number of aryl methyl sites for hydroxylation is 1. The van der Waals surface area contributed by atoms with E-state index in [1.807, 2.05) is 38.1 Å². The van der Waals surface area contributed by atoms with Crippen LogP contribution in [0.5, 0.6) is 11.5 Å². The molecule has 2 aromatic carbocycles. The zero-order valence-electron chi connectivity index (χ0n) is 16.4. The van der Waals surface area contributed by atoms with E-state index in [9.17, 15) is 4.39 Å². The molecule has 2 N–H and O–H groups in total. The summed E-state index contributed by atoms with van der Waals surface area (Å²) in [5.74, 6) is 1.93. The van der Waals surface area contributed by atoms with Gasteiger partial charge in [0.25, 0.3) is 0 Å². The molecule has 0 aromatic heterocycles. The largest absolute Gasteiger partial charge is 0.493 e. The molecule has 5 nitrogen and oxygen atoms in total. The van der Waals surface area contributed by atoms with Crippen LogP contribution in [0.25, 0.3) is 0 Å². The van der Waals surface area contributed by atoms with E-state index in [4.69, 9.17) is 9.47 Å². The first-order valence-electron chi connectivity index (χ1n) is 9.05. The second-order valence-electron chi connectivity index (χ2n) is 6.13. The third kappa shape index (κ3) is 6.16. The minimum Gasteiger partial charge on any atom is -0.493 e. The highest BCUT2D eigenvalue weighted by molar-refractivity contribution is 5.79. The molecule has 0 bridgehead atoms. The molecule has 0 radical (unpaired) electrons. The number of rotatable bonds is 8. The van der Waals surface area contributed by atoms with Crippen molar-refractivity contribution in [3.8, 4) is 11.5 Å². The summed E-state index contributed by atoms with van der Waals surface area (Å²) in [7, 11) is 3.24. The van der Waals surface area contributed by atoms with E-state index in [2.05, 4.69) is 15.6 Å². The van der Waals surface area contributed by atoms with Gasteiger partial charge in [0.1, 0.15) is 5.82 Å². The lowest BCUT2D eigenvalue weighted by Gasteiger charge is -2.13. The normalized spacial score (nSPS) is 11.2. The Labute approximate surface area is 160 Å². The number of aliphatic imine (C=N–C) groups is 1. The van der Waals surface area contributed by atoms with Crippen molar-refractivity contribution in [3.05, 3.63) is 58.9 Å². The van der Waals surface area contributed by atoms with E-state index in [0.717, 1.165) is 35.6 Å². The van der Waals surface area contributed by atoms with Gasteiger partial charge in [0.15, 0.2) is 17.5 Å². The minimum atomic E-state index is -0.200. The summed E-state index contributed by atoms with van der Waals surface area (Å²) in [4.78, 5) is 4.62. The van der Waals surface area contributed by atoms with Crippen molar-refractivity contribution in [1.29, 1.82) is 0 Å². The van der Waals surface area contributed by atoms with E-state index >= 15 is 0 Å². The molecule has 0 heterocycles. The fourth-order valence-electron chi connectivity index (χ4n) is 2.75. The maximum Gasteiger partial charge on any atom is 0.191 e. The predicted octanol–water partition coefficient (Wildman–Crippen LogP) is 3.45. The molecule has 0 amide bonds. The number of guanidine groups is 1. The van der Waals surface area contributed by atoms with Crippen LogP contribution < -0.4 is 20.1 Å². The lowest BCUT2D eigenvalue weighted by molar-refractivity contribution is 0.354. The number of methoxy groups -OCH3 is 2. The Bertz CT molecular complexity index is 778. The van der Waals surface area contributed by atoms with Crippen molar-refractivity contribution in [1.82, 2.24) is 10.6 Å². The van der Waals surface area contributed by atoms with Crippen LogP contribution in [0.4, 0.5) is 4.39 Å². The minimum absolute atomic E-state index is 0.200. The number of ether oxygens (including phenoxy) is 2. The van der Waals surface area contributed by atoms with Crippen molar-refractivity contribution in [2.24, 2.45) is 4.99 Å². The maximum atomic E-state index is 13.2. The molecule has 0 saturated heterocycles. The fourth-order valence-corrected chi connectivity index (χ4v) is 2.75. The van der Waals surface area contributed by atoms with Gasteiger partial charge in [-0.3, -0.25) is 0 Å². The first kappa shape index (κ1) is 20.6. The second-order valence-corrected chi connectivity index (χ2v) is 6.13. The van der Waals surface area contributed by atoms with Gasteiger partial charge in [0.2, 0.25) is 0 Å². The molecular formula is C21H28FN3O2. The van der Waals surface area contributed by atoms with Crippen LogP contribution in [0.1, 0.15) is 23.6 Å². The molecule has 0 aliphatic carbocycles. The van der Waals surface area contributed by atoms with Gasteiger partial charge >= 0.3 is 0 Å². The molecule has 0 unspecified atom stereocenters. The Morgan fingerprint density at radius 3 is 2.48 bits per heavy atom. The lowest BCUT2D eigenvalue weighted by Crippen LogP contribution is -2.38. The van der Waals surface area contributed by atoms with Gasteiger partial charge in [0.05, 0.1) is 20.8 Å². The van der Waals surface area contributed by atoms with Gasteiger partial charge < -0.3 is 20.1 Å². The molecule has 0 spiro atoms. The van der Waals surface area contributed by atoms with Crippen molar-refractivity contribution in [2.75, 3.05) is 27.3 Å². The zero-order chi connectivity index (χ0) is 19.6. The van der Waals surface area contributed by atoms with Gasteiger partial charge in [-0.2, -0.15) is 0 Å². The zero-order valence-corrected chi connectivity index (χ0v) is 16.4. The van der Waals surface area contributed by atoms with Crippen LogP contribution >= 0.6 is 0 Å². The summed E-state index contributed by atoms with van der Waals surface area (Å²) >= 11 is 0. The van der Waals surface area contributed by atoms with E-state index in [-0.39, 0.29) is 5.82 Å². The highest BCUT2D eigenvalue weighted by Gasteiger charge is 2.05. The molecule has 2 aromatic rings. The van der Waals surface area contributed by atoms with Crippen molar-refractivity contribution in [2.45, 2.75) is 26.8 Å². The van der Waals surface area contributed by atoms with Crippen LogP contribution in [-0.4, -0.2) is 33.3 Å². The molecule has 0 aliphatic heterocycles. The third-order valence-corrected chi connectivity index (χ3v) is 4.20. The van der Waals surface area contributed by atoms with E-state index in [0.29, 0.717) is 24.6 Å². The number of nitrogens with one attached hydrogen (secondary N) is 2. The molecule has 0 fully saturated rings. The van der Waals surface area contributed by atoms with Gasteiger partial charge in [-0.05, 0) is 61.2 Å². The number of halogens is 1. The molecule has 6 heteroatoms. The van der Waals surface area contributed by atoms with Crippen LogP contribution in [-0.2, 0) is 13.0 Å². The summed E-state index contributed by atoms with van der Waals surface area (Å²) in [6.07, 6.45) is 0.798. The van der Waals surface area contributed by atoms with E-state index < -0.39 is 0 Å². The van der Waals surface area contributed by atoms with E-state index in [1.165, 1.54) is 6.07 Å². The Balaban J connectivity index is 1.97. The molecule has 0 aliphatic rings. The molecule has 0 atom stereocenters. The fraction of sp³-hybridized carbons (Fsp3) is 0.381. The summed E-state index contributed by atoms with van der Waals surface area (Å²) in [6.45, 7) is 5.95. The smallest absolute Gasteiger partial charge is 0.191 e. The van der Waals surface area contributed by atoms with Crippen LogP contribution in [0, 0.1) is 12.7 Å². The Kier molecular flexibility index (Phi) is 7.92. The van der Waals surface area contributed by atoms with Crippen LogP contribution in [0.2, 0.25) is 0 Å². The van der Waals surface area contributed by atoms with Gasteiger partial charge in [-0.1, -0.05) is 12.1 Å². The molecule has 27 heavy (non-hydrogen) atoms. The monoisotopic (exact) mass is 373 g/mol. The topological polar surface area (TPSA) is 54.9 Å². The quantitative estimate of drug-likeness (QED) is 0.550. The average Bonchev–Trinajstić information content (AvgIpc) is 2.67. The number of benzene rings is 2. The summed E-state index contributed by atoms with van der Waals surface area (Å²) in [5.41, 5.74) is 3.11. The third-order valence-electron chi connectivity index (χ3n) is 4.20. The van der Waals surface area contributed by atoms with Crippen molar-refractivity contribution < 1.29 is 13.9 Å². The molecule has 0 saturated carbocycles. The Hall–Kier alpha value is -2.76. The average molecular weight is 373 g/mol. The highest BCUT2D eigenvalue weighted by Crippen LogP contribution is 2.27. The Morgan fingerprint density at radius 2 is 1.81 bits per heavy atom. The van der Waals surface area contributed by atoms with Crippen molar-refractivity contribution >= 4 is 5.96 Å². The van der Waals surface area contributed by atoms with Gasteiger partial charge in [-0.15, -0.1) is 0 Å². The standard InChI is InChI=1S/C21H28FN3O2/c1-5-23-21(24-11-10-17-7-8-18(22)12-15(17)2)25-14-16-6-9-19(26-3)20(13-16)27-4/h6-9,12-13H,5,10-11,14H2,1-4H3,(H2,23,24,25). The molecule has 2 rings (SSSR count). The Morgan fingerprint density at radius 1 is 1.04 bits per heavy atom. The summed E-state index contributed by atoms with van der Waals surface area (Å²) in [6, 6.07) is 10.7. The summed E-state index contributed by atoms with van der Waals surface area (Å²) in [5, 5.41) is 6.56. The van der Waals surface area contributed by atoms with Crippen LogP contribution in [0.15, 0.2) is 41.4 Å². The molecule has 146 valence electrons. The number of hydrogen-bond acceptors (Lipinski definition) is 3. The number of hydrogen-bond donors (Lipinski definition) is 2. The van der Waals surface area contributed by atoms with Gasteiger partial charge in [0, 0.05) is 13.1 Å².